The molecule has 2 aromatic carbocycles. The molecule has 0 heterocycles. The van der Waals surface area contributed by atoms with Crippen LogP contribution in [-0.4, -0.2) is 12.5 Å². The molecule has 1 amide bonds. The van der Waals surface area contributed by atoms with E-state index in [-0.39, 0.29) is 12.5 Å². The van der Waals surface area contributed by atoms with Crippen LogP contribution in [0.5, 0.6) is 5.75 Å². The largest absolute Gasteiger partial charge is 0.483 e. The van der Waals surface area contributed by atoms with Crippen molar-refractivity contribution in [3.05, 3.63) is 57.5 Å². The van der Waals surface area contributed by atoms with E-state index in [1.165, 1.54) is 5.56 Å². The number of carbonyl (C=O) groups is 1. The van der Waals surface area contributed by atoms with Crippen molar-refractivity contribution < 1.29 is 9.53 Å². The van der Waals surface area contributed by atoms with Gasteiger partial charge < -0.3 is 10.1 Å². The first-order valence-electron chi connectivity index (χ1n) is 6.55. The molecule has 0 saturated heterocycles. The first-order chi connectivity index (χ1) is 10.1. The number of carbonyl (C=O) groups excluding carboxylic acids is 1. The predicted octanol–water partition coefficient (Wildman–Crippen LogP) is 4.68. The SMILES string of the molecule is CCc1ccc(NC(=O)COc2ccc(Cl)cc2Br)cc1. The number of nitrogens with one attached hydrogen (secondary N) is 1. The van der Waals surface area contributed by atoms with Gasteiger partial charge >= 0.3 is 0 Å². The molecule has 110 valence electrons. The lowest BCUT2D eigenvalue weighted by molar-refractivity contribution is -0.118. The van der Waals surface area contributed by atoms with Crippen molar-refractivity contribution in [2.45, 2.75) is 13.3 Å². The van der Waals surface area contributed by atoms with Crippen LogP contribution >= 0.6 is 27.5 Å². The summed E-state index contributed by atoms with van der Waals surface area (Å²) in [5.41, 5.74) is 1.99. The van der Waals surface area contributed by atoms with Crippen LogP contribution in [0.3, 0.4) is 0 Å². The fourth-order valence-corrected chi connectivity index (χ4v) is 2.55. The molecule has 21 heavy (non-hydrogen) atoms. The minimum atomic E-state index is -0.207. The maximum Gasteiger partial charge on any atom is 0.262 e. The molecule has 0 bridgehead atoms. The quantitative estimate of drug-likeness (QED) is 0.832. The number of aryl methyl sites for hydroxylation is 1. The molecular formula is C16H15BrClNO2. The van der Waals surface area contributed by atoms with Crippen molar-refractivity contribution in [3.63, 3.8) is 0 Å². The van der Waals surface area contributed by atoms with E-state index >= 15 is 0 Å². The minimum absolute atomic E-state index is 0.0598. The summed E-state index contributed by atoms with van der Waals surface area (Å²) in [6.45, 7) is 2.03. The second-order valence-electron chi connectivity index (χ2n) is 4.46. The van der Waals surface area contributed by atoms with Gasteiger partial charge in [0.15, 0.2) is 6.61 Å². The van der Waals surface area contributed by atoms with Gasteiger partial charge in [0.2, 0.25) is 0 Å². The normalized spacial score (nSPS) is 10.2. The topological polar surface area (TPSA) is 38.3 Å². The number of hydrogen-bond donors (Lipinski definition) is 1. The maximum atomic E-state index is 11.8. The summed E-state index contributed by atoms with van der Waals surface area (Å²) in [5.74, 6) is 0.372. The summed E-state index contributed by atoms with van der Waals surface area (Å²) in [4.78, 5) is 11.8. The van der Waals surface area contributed by atoms with Crippen LogP contribution in [0, 0.1) is 0 Å². The van der Waals surface area contributed by atoms with Gasteiger partial charge in [-0.05, 0) is 58.2 Å². The number of benzene rings is 2. The van der Waals surface area contributed by atoms with Gasteiger partial charge in [-0.15, -0.1) is 0 Å². The molecule has 0 saturated carbocycles. The van der Waals surface area contributed by atoms with E-state index in [4.69, 9.17) is 16.3 Å². The van der Waals surface area contributed by atoms with Gasteiger partial charge in [-0.1, -0.05) is 30.7 Å². The van der Waals surface area contributed by atoms with Gasteiger partial charge in [-0.3, -0.25) is 4.79 Å². The summed E-state index contributed by atoms with van der Waals surface area (Å²) in [5, 5.41) is 3.40. The molecule has 0 fully saturated rings. The molecule has 2 aromatic rings. The molecule has 2 rings (SSSR count). The fraction of sp³-hybridized carbons (Fsp3) is 0.188. The van der Waals surface area contributed by atoms with Crippen molar-refractivity contribution in [1.82, 2.24) is 0 Å². The Balaban J connectivity index is 1.89. The van der Waals surface area contributed by atoms with Crippen molar-refractivity contribution >= 4 is 39.1 Å². The zero-order valence-corrected chi connectivity index (χ0v) is 13.9. The molecule has 0 aliphatic carbocycles. The van der Waals surface area contributed by atoms with Crippen LogP contribution in [0.25, 0.3) is 0 Å². The van der Waals surface area contributed by atoms with Gasteiger partial charge in [0.05, 0.1) is 4.47 Å². The molecule has 0 aromatic heterocycles. The first-order valence-corrected chi connectivity index (χ1v) is 7.72. The van der Waals surface area contributed by atoms with E-state index in [2.05, 4.69) is 28.2 Å². The average Bonchev–Trinajstić information content (AvgIpc) is 2.47. The van der Waals surface area contributed by atoms with Gasteiger partial charge in [-0.25, -0.2) is 0 Å². The van der Waals surface area contributed by atoms with E-state index in [1.807, 2.05) is 24.3 Å². The number of halogens is 2. The Morgan fingerprint density at radius 3 is 2.57 bits per heavy atom. The van der Waals surface area contributed by atoms with Crippen LogP contribution < -0.4 is 10.1 Å². The van der Waals surface area contributed by atoms with Crippen LogP contribution in [0.2, 0.25) is 5.02 Å². The van der Waals surface area contributed by atoms with Gasteiger partial charge in [-0.2, -0.15) is 0 Å². The summed E-state index contributed by atoms with van der Waals surface area (Å²) in [6.07, 6.45) is 0.974. The van der Waals surface area contributed by atoms with Crippen molar-refractivity contribution in [3.8, 4) is 5.75 Å². The molecular weight excluding hydrogens is 354 g/mol. The fourth-order valence-electron chi connectivity index (χ4n) is 1.76. The van der Waals surface area contributed by atoms with Gasteiger partial charge in [0.25, 0.3) is 5.91 Å². The number of hydrogen-bond acceptors (Lipinski definition) is 2. The molecule has 0 aliphatic heterocycles. The Labute approximate surface area is 137 Å². The van der Waals surface area contributed by atoms with Gasteiger partial charge in [0, 0.05) is 10.7 Å². The Morgan fingerprint density at radius 1 is 1.24 bits per heavy atom. The highest BCUT2D eigenvalue weighted by atomic mass is 79.9. The number of ether oxygens (including phenoxy) is 1. The summed E-state index contributed by atoms with van der Waals surface area (Å²) in [7, 11) is 0. The number of rotatable bonds is 5. The summed E-state index contributed by atoms with van der Waals surface area (Å²) in [6, 6.07) is 12.9. The number of amides is 1. The lowest BCUT2D eigenvalue weighted by Crippen LogP contribution is -2.20. The van der Waals surface area contributed by atoms with Gasteiger partial charge in [0.1, 0.15) is 5.75 Å². The summed E-state index contributed by atoms with van der Waals surface area (Å²) >= 11 is 9.19. The molecule has 0 atom stereocenters. The van der Waals surface area contributed by atoms with E-state index in [1.54, 1.807) is 18.2 Å². The third kappa shape index (κ3) is 4.76. The predicted molar refractivity (Wildman–Crippen MR) is 89.1 cm³/mol. The highest BCUT2D eigenvalue weighted by Gasteiger charge is 2.06. The third-order valence-corrected chi connectivity index (χ3v) is 3.75. The zero-order chi connectivity index (χ0) is 15.2. The molecule has 0 radical (unpaired) electrons. The molecule has 0 unspecified atom stereocenters. The van der Waals surface area contributed by atoms with Crippen molar-refractivity contribution in [2.75, 3.05) is 11.9 Å². The highest BCUT2D eigenvalue weighted by molar-refractivity contribution is 9.10. The van der Waals surface area contributed by atoms with E-state index in [0.717, 1.165) is 16.6 Å². The van der Waals surface area contributed by atoms with Crippen LogP contribution in [0.15, 0.2) is 46.9 Å². The molecule has 0 aliphatic rings. The second-order valence-corrected chi connectivity index (χ2v) is 5.75. The molecule has 5 heteroatoms. The zero-order valence-electron chi connectivity index (χ0n) is 11.5. The van der Waals surface area contributed by atoms with Crippen LogP contribution in [-0.2, 0) is 11.2 Å². The Morgan fingerprint density at radius 2 is 1.95 bits per heavy atom. The maximum absolute atomic E-state index is 11.8. The van der Waals surface area contributed by atoms with Crippen LogP contribution in [0.1, 0.15) is 12.5 Å². The summed E-state index contributed by atoms with van der Waals surface area (Å²) < 4.78 is 6.17. The monoisotopic (exact) mass is 367 g/mol. The molecule has 1 N–H and O–H groups in total. The number of anilines is 1. The van der Waals surface area contributed by atoms with Crippen LogP contribution in [0.4, 0.5) is 5.69 Å². The van der Waals surface area contributed by atoms with Crippen molar-refractivity contribution in [1.29, 1.82) is 0 Å². The smallest absolute Gasteiger partial charge is 0.262 e. The molecule has 0 spiro atoms. The standard InChI is InChI=1S/C16H15BrClNO2/c1-2-11-3-6-13(7-4-11)19-16(20)10-21-15-8-5-12(18)9-14(15)17/h3-9H,2,10H2,1H3,(H,19,20). The van der Waals surface area contributed by atoms with E-state index < -0.39 is 0 Å². The Kier molecular flexibility index (Phi) is 5.65. The van der Waals surface area contributed by atoms with E-state index in [0.29, 0.717) is 10.8 Å². The van der Waals surface area contributed by atoms with E-state index in [9.17, 15) is 4.79 Å². The Bertz CT molecular complexity index is 629. The minimum Gasteiger partial charge on any atom is -0.483 e. The molecule has 3 nitrogen and oxygen atoms in total. The Hall–Kier alpha value is -1.52. The third-order valence-electron chi connectivity index (χ3n) is 2.90. The lowest BCUT2D eigenvalue weighted by atomic mass is 10.1. The lowest BCUT2D eigenvalue weighted by Gasteiger charge is -2.09. The average molecular weight is 369 g/mol. The van der Waals surface area contributed by atoms with Crippen molar-refractivity contribution in [2.24, 2.45) is 0 Å². The second kappa shape index (κ2) is 7.48. The highest BCUT2D eigenvalue weighted by Crippen LogP contribution is 2.27. The first kappa shape index (κ1) is 15.9.